The first-order valence-electron chi connectivity index (χ1n) is 8.05. The van der Waals surface area contributed by atoms with Crippen molar-refractivity contribution >= 4 is 0 Å². The van der Waals surface area contributed by atoms with Crippen LogP contribution in [0.2, 0.25) is 0 Å². The van der Waals surface area contributed by atoms with E-state index in [1.165, 1.54) is 25.7 Å². The molecule has 3 heteroatoms. The minimum absolute atomic E-state index is 0.306. The van der Waals surface area contributed by atoms with Crippen LogP contribution in [0, 0.1) is 11.3 Å². The average Bonchev–Trinajstić information content (AvgIpc) is 3.12. The molecule has 0 aromatic rings. The molecule has 0 amide bonds. The van der Waals surface area contributed by atoms with Crippen molar-refractivity contribution in [3.05, 3.63) is 0 Å². The fourth-order valence-electron chi connectivity index (χ4n) is 2.80. The molecule has 2 atom stereocenters. The zero-order valence-electron chi connectivity index (χ0n) is 12.9. The molecule has 1 N–H and O–H groups in total. The molecule has 2 unspecified atom stereocenters. The minimum atomic E-state index is 0.306. The van der Waals surface area contributed by atoms with Crippen LogP contribution in [-0.2, 0) is 9.47 Å². The van der Waals surface area contributed by atoms with E-state index in [0.29, 0.717) is 11.5 Å². The first-order valence-corrected chi connectivity index (χ1v) is 8.05. The molecule has 112 valence electrons. The van der Waals surface area contributed by atoms with Crippen LogP contribution in [0.1, 0.15) is 52.9 Å². The standard InChI is InChI=1S/C16H31NO2/c1-13(2)6-9-18-10-7-16(8-11-19-14(16)3)12-17-15-4-5-15/h13-15,17H,4-12H2,1-3H3. The molecular formula is C16H31NO2. The molecule has 1 saturated heterocycles. The molecule has 3 nitrogen and oxygen atoms in total. The van der Waals surface area contributed by atoms with Crippen LogP contribution in [0.15, 0.2) is 0 Å². The highest BCUT2D eigenvalue weighted by molar-refractivity contribution is 4.94. The average molecular weight is 269 g/mol. The molecule has 0 bridgehead atoms. The van der Waals surface area contributed by atoms with Gasteiger partial charge in [-0.3, -0.25) is 0 Å². The van der Waals surface area contributed by atoms with Crippen LogP contribution in [-0.4, -0.2) is 38.5 Å². The van der Waals surface area contributed by atoms with Gasteiger partial charge in [0.2, 0.25) is 0 Å². The first-order chi connectivity index (χ1) is 9.12. The maximum atomic E-state index is 5.82. The maximum absolute atomic E-state index is 5.82. The first kappa shape index (κ1) is 15.3. The van der Waals surface area contributed by atoms with Gasteiger partial charge < -0.3 is 14.8 Å². The van der Waals surface area contributed by atoms with Crippen LogP contribution < -0.4 is 5.32 Å². The van der Waals surface area contributed by atoms with Gasteiger partial charge in [0, 0.05) is 37.8 Å². The Hall–Kier alpha value is -0.120. The molecule has 2 aliphatic rings. The molecule has 2 fully saturated rings. The lowest BCUT2D eigenvalue weighted by molar-refractivity contribution is 0.0311. The molecule has 2 rings (SSSR count). The molecule has 0 radical (unpaired) electrons. The summed E-state index contributed by atoms with van der Waals surface area (Å²) in [5.41, 5.74) is 0.306. The van der Waals surface area contributed by atoms with Crippen molar-refractivity contribution in [1.29, 1.82) is 0 Å². The summed E-state index contributed by atoms with van der Waals surface area (Å²) >= 11 is 0. The normalized spacial score (nSPS) is 31.3. The number of rotatable bonds is 9. The van der Waals surface area contributed by atoms with E-state index in [1.807, 2.05) is 0 Å². The highest BCUT2D eigenvalue weighted by Crippen LogP contribution is 2.38. The van der Waals surface area contributed by atoms with Crippen molar-refractivity contribution in [2.24, 2.45) is 11.3 Å². The van der Waals surface area contributed by atoms with Crippen LogP contribution in [0.3, 0.4) is 0 Å². The zero-order chi connectivity index (χ0) is 13.7. The van der Waals surface area contributed by atoms with Gasteiger partial charge in [0.05, 0.1) is 6.10 Å². The molecule has 0 aromatic carbocycles. The number of hydrogen-bond acceptors (Lipinski definition) is 3. The predicted octanol–water partition coefficient (Wildman–Crippen LogP) is 2.99. The fraction of sp³-hybridized carbons (Fsp3) is 1.00. The summed E-state index contributed by atoms with van der Waals surface area (Å²) in [4.78, 5) is 0. The smallest absolute Gasteiger partial charge is 0.0617 e. The van der Waals surface area contributed by atoms with E-state index in [-0.39, 0.29) is 0 Å². The van der Waals surface area contributed by atoms with E-state index in [0.717, 1.165) is 44.7 Å². The summed E-state index contributed by atoms with van der Waals surface area (Å²) in [5.74, 6) is 0.735. The third-order valence-electron chi connectivity index (χ3n) is 4.73. The lowest BCUT2D eigenvalue weighted by atomic mass is 9.78. The van der Waals surface area contributed by atoms with Gasteiger partial charge in [0.25, 0.3) is 0 Å². The minimum Gasteiger partial charge on any atom is -0.381 e. The van der Waals surface area contributed by atoms with Gasteiger partial charge in [-0.1, -0.05) is 13.8 Å². The summed E-state index contributed by atoms with van der Waals surface area (Å²) < 4.78 is 11.6. The molecule has 1 aliphatic heterocycles. The van der Waals surface area contributed by atoms with Crippen LogP contribution >= 0.6 is 0 Å². The zero-order valence-corrected chi connectivity index (χ0v) is 12.9. The van der Waals surface area contributed by atoms with Crippen molar-refractivity contribution in [2.45, 2.75) is 65.0 Å². The van der Waals surface area contributed by atoms with Gasteiger partial charge in [-0.15, -0.1) is 0 Å². The molecule has 0 aromatic heterocycles. The molecule has 0 spiro atoms. The predicted molar refractivity (Wildman–Crippen MR) is 78.4 cm³/mol. The molecular weight excluding hydrogens is 238 g/mol. The van der Waals surface area contributed by atoms with Gasteiger partial charge in [-0.25, -0.2) is 0 Å². The lowest BCUT2D eigenvalue weighted by Gasteiger charge is -2.32. The Morgan fingerprint density at radius 2 is 2.11 bits per heavy atom. The highest BCUT2D eigenvalue weighted by atomic mass is 16.5. The lowest BCUT2D eigenvalue weighted by Crippen LogP contribution is -2.41. The SMILES string of the molecule is CC(C)CCOCCC1(CNC2CC2)CCOC1C. The summed E-state index contributed by atoms with van der Waals surface area (Å²) in [7, 11) is 0. The fourth-order valence-corrected chi connectivity index (χ4v) is 2.80. The van der Waals surface area contributed by atoms with Crippen molar-refractivity contribution in [3.63, 3.8) is 0 Å². The second-order valence-corrected chi connectivity index (χ2v) is 6.83. The van der Waals surface area contributed by atoms with E-state index >= 15 is 0 Å². The Balaban J connectivity index is 1.70. The second-order valence-electron chi connectivity index (χ2n) is 6.83. The van der Waals surface area contributed by atoms with Gasteiger partial charge in [-0.2, -0.15) is 0 Å². The van der Waals surface area contributed by atoms with Gasteiger partial charge in [0.15, 0.2) is 0 Å². The Morgan fingerprint density at radius 1 is 1.32 bits per heavy atom. The van der Waals surface area contributed by atoms with E-state index in [2.05, 4.69) is 26.1 Å². The van der Waals surface area contributed by atoms with Crippen LogP contribution in [0.5, 0.6) is 0 Å². The van der Waals surface area contributed by atoms with Gasteiger partial charge in [0.1, 0.15) is 0 Å². The topological polar surface area (TPSA) is 30.5 Å². The second kappa shape index (κ2) is 7.05. The summed E-state index contributed by atoms with van der Waals surface area (Å²) in [5, 5.41) is 3.69. The monoisotopic (exact) mass is 269 g/mol. The molecule has 1 heterocycles. The third kappa shape index (κ3) is 4.73. The Morgan fingerprint density at radius 3 is 2.68 bits per heavy atom. The van der Waals surface area contributed by atoms with Crippen molar-refractivity contribution in [3.8, 4) is 0 Å². The number of hydrogen-bond donors (Lipinski definition) is 1. The summed E-state index contributed by atoms with van der Waals surface area (Å²) in [6.07, 6.45) is 6.56. The van der Waals surface area contributed by atoms with Gasteiger partial charge >= 0.3 is 0 Å². The van der Waals surface area contributed by atoms with Crippen LogP contribution in [0.25, 0.3) is 0 Å². The van der Waals surface area contributed by atoms with Crippen molar-refractivity contribution in [1.82, 2.24) is 5.32 Å². The van der Waals surface area contributed by atoms with E-state index < -0.39 is 0 Å². The summed E-state index contributed by atoms with van der Waals surface area (Å²) in [6, 6.07) is 0.784. The summed E-state index contributed by atoms with van der Waals surface area (Å²) in [6.45, 7) is 10.5. The van der Waals surface area contributed by atoms with E-state index in [9.17, 15) is 0 Å². The number of nitrogens with one attached hydrogen (secondary N) is 1. The molecule has 1 aliphatic carbocycles. The van der Waals surface area contributed by atoms with Crippen LogP contribution in [0.4, 0.5) is 0 Å². The molecule has 19 heavy (non-hydrogen) atoms. The molecule has 1 saturated carbocycles. The van der Waals surface area contributed by atoms with E-state index in [1.54, 1.807) is 0 Å². The quantitative estimate of drug-likeness (QED) is 0.653. The van der Waals surface area contributed by atoms with Crippen molar-refractivity contribution < 1.29 is 9.47 Å². The largest absolute Gasteiger partial charge is 0.381 e. The van der Waals surface area contributed by atoms with E-state index in [4.69, 9.17) is 9.47 Å². The van der Waals surface area contributed by atoms with Gasteiger partial charge in [-0.05, 0) is 44.9 Å². The Bertz CT molecular complexity index is 265. The Kier molecular flexibility index (Phi) is 5.67. The van der Waals surface area contributed by atoms with Crippen molar-refractivity contribution in [2.75, 3.05) is 26.4 Å². The number of ether oxygens (including phenoxy) is 2. The third-order valence-corrected chi connectivity index (χ3v) is 4.73. The Labute approximate surface area is 118 Å². The highest BCUT2D eigenvalue weighted by Gasteiger charge is 2.41. The maximum Gasteiger partial charge on any atom is 0.0617 e.